The van der Waals surface area contributed by atoms with Crippen LogP contribution in [0.25, 0.3) is 10.9 Å². The van der Waals surface area contributed by atoms with Crippen molar-refractivity contribution in [2.45, 2.75) is 25.9 Å². The van der Waals surface area contributed by atoms with E-state index in [4.69, 9.17) is 9.47 Å². The maximum atomic E-state index is 5.49. The summed E-state index contributed by atoms with van der Waals surface area (Å²) in [5, 5.41) is 1.08. The molecule has 0 radical (unpaired) electrons. The number of hydrogen-bond acceptors (Lipinski definition) is 3. The first-order chi connectivity index (χ1) is 9.40. The molecular formula is C16H24N2O2. The van der Waals surface area contributed by atoms with Crippen LogP contribution in [-0.2, 0) is 6.54 Å². The third-order valence-corrected chi connectivity index (χ3v) is 4.06. The summed E-state index contributed by atoms with van der Waals surface area (Å²) in [6.45, 7) is 5.39. The van der Waals surface area contributed by atoms with Crippen LogP contribution in [0.15, 0.2) is 24.4 Å². The molecular weight excluding hydrogens is 252 g/mol. The van der Waals surface area contributed by atoms with Gasteiger partial charge in [-0.25, -0.2) is 0 Å². The lowest BCUT2D eigenvalue weighted by molar-refractivity contribution is 0.171. The number of hydrogen-bond donors (Lipinski definition) is 0. The van der Waals surface area contributed by atoms with Gasteiger partial charge in [-0.3, -0.25) is 0 Å². The van der Waals surface area contributed by atoms with Gasteiger partial charge in [0.05, 0.1) is 19.7 Å². The molecule has 0 N–H and O–H groups in total. The van der Waals surface area contributed by atoms with Gasteiger partial charge in [0.2, 0.25) is 0 Å². The number of aromatic nitrogens is 1. The lowest BCUT2D eigenvalue weighted by Crippen LogP contribution is -2.41. The van der Waals surface area contributed by atoms with Crippen molar-refractivity contribution in [3.05, 3.63) is 24.4 Å². The van der Waals surface area contributed by atoms with Crippen LogP contribution in [0.1, 0.15) is 13.8 Å². The van der Waals surface area contributed by atoms with Gasteiger partial charge in [-0.1, -0.05) is 0 Å². The van der Waals surface area contributed by atoms with E-state index in [0.717, 1.165) is 28.9 Å². The molecule has 0 aliphatic rings. The smallest absolute Gasteiger partial charge is 0.170 e. The number of fused-ring (bicyclic) bond motifs is 1. The van der Waals surface area contributed by atoms with Gasteiger partial charge in [-0.05, 0) is 46.1 Å². The Bertz CT molecular complexity index is 600. The van der Waals surface area contributed by atoms with Crippen LogP contribution < -0.4 is 9.47 Å². The van der Waals surface area contributed by atoms with Crippen molar-refractivity contribution in [1.29, 1.82) is 0 Å². The average Bonchev–Trinajstić information content (AvgIpc) is 2.80. The normalized spacial score (nSPS) is 12.2. The van der Waals surface area contributed by atoms with E-state index in [2.05, 4.69) is 55.7 Å². The summed E-state index contributed by atoms with van der Waals surface area (Å²) in [6.07, 6.45) is 2.11. The predicted octanol–water partition coefficient (Wildman–Crippen LogP) is 3.00. The summed E-state index contributed by atoms with van der Waals surface area (Å²) in [5.74, 6) is 1.57. The van der Waals surface area contributed by atoms with E-state index < -0.39 is 0 Å². The molecule has 20 heavy (non-hydrogen) atoms. The molecule has 0 bridgehead atoms. The monoisotopic (exact) mass is 276 g/mol. The Hall–Kier alpha value is -1.68. The van der Waals surface area contributed by atoms with Gasteiger partial charge in [0.25, 0.3) is 0 Å². The van der Waals surface area contributed by atoms with E-state index in [-0.39, 0.29) is 5.54 Å². The summed E-state index contributed by atoms with van der Waals surface area (Å²) >= 11 is 0. The van der Waals surface area contributed by atoms with Gasteiger partial charge in [-0.2, -0.15) is 0 Å². The molecule has 4 heteroatoms. The highest BCUT2D eigenvalue weighted by Gasteiger charge is 2.22. The first kappa shape index (κ1) is 14.7. The molecule has 0 spiro atoms. The molecule has 4 nitrogen and oxygen atoms in total. The summed E-state index contributed by atoms with van der Waals surface area (Å²) in [7, 11) is 7.55. The fraction of sp³-hybridized carbons (Fsp3) is 0.500. The van der Waals surface area contributed by atoms with E-state index in [0.29, 0.717) is 0 Å². The Labute approximate surface area is 120 Å². The molecule has 1 heterocycles. The molecule has 0 fully saturated rings. The molecule has 0 atom stereocenters. The van der Waals surface area contributed by atoms with E-state index in [9.17, 15) is 0 Å². The first-order valence-corrected chi connectivity index (χ1v) is 6.78. The van der Waals surface area contributed by atoms with Gasteiger partial charge in [0.15, 0.2) is 11.5 Å². The molecule has 0 aliphatic heterocycles. The number of methoxy groups -OCH3 is 2. The molecule has 0 unspecified atom stereocenters. The molecule has 2 rings (SSSR count). The minimum Gasteiger partial charge on any atom is -0.493 e. The minimum absolute atomic E-state index is 0.0825. The van der Waals surface area contributed by atoms with Crippen LogP contribution in [0.3, 0.4) is 0 Å². The van der Waals surface area contributed by atoms with Crippen molar-refractivity contribution >= 4 is 10.9 Å². The van der Waals surface area contributed by atoms with E-state index in [1.165, 1.54) is 0 Å². The molecule has 110 valence electrons. The highest BCUT2D eigenvalue weighted by atomic mass is 16.5. The van der Waals surface area contributed by atoms with Crippen molar-refractivity contribution in [1.82, 2.24) is 9.47 Å². The number of ether oxygens (including phenoxy) is 2. The third kappa shape index (κ3) is 2.48. The second-order valence-electron chi connectivity index (χ2n) is 5.88. The van der Waals surface area contributed by atoms with Crippen molar-refractivity contribution in [3.8, 4) is 11.5 Å². The summed E-state index contributed by atoms with van der Waals surface area (Å²) in [6, 6.07) is 6.13. The lowest BCUT2D eigenvalue weighted by atomic mass is 10.0. The number of nitrogens with zero attached hydrogens (tertiary/aromatic N) is 2. The Morgan fingerprint density at radius 1 is 1.10 bits per heavy atom. The molecule has 0 saturated carbocycles. The van der Waals surface area contributed by atoms with Crippen molar-refractivity contribution in [2.24, 2.45) is 0 Å². The Kier molecular flexibility index (Phi) is 3.95. The van der Waals surface area contributed by atoms with Crippen LogP contribution in [0.2, 0.25) is 0 Å². The van der Waals surface area contributed by atoms with Gasteiger partial charge in [0.1, 0.15) is 0 Å². The van der Waals surface area contributed by atoms with Gasteiger partial charge in [-0.15, -0.1) is 0 Å². The molecule has 0 amide bonds. The second kappa shape index (κ2) is 5.37. The van der Waals surface area contributed by atoms with E-state index >= 15 is 0 Å². The SMILES string of the molecule is COc1ccc2c(ccn2CC(C)(C)N(C)C)c1OC. The van der Waals surface area contributed by atoms with Crippen LogP contribution in [-0.4, -0.2) is 43.3 Å². The quantitative estimate of drug-likeness (QED) is 0.840. The largest absolute Gasteiger partial charge is 0.493 e. The van der Waals surface area contributed by atoms with Crippen molar-refractivity contribution in [2.75, 3.05) is 28.3 Å². The zero-order chi connectivity index (χ0) is 14.9. The van der Waals surface area contributed by atoms with Crippen LogP contribution in [0, 0.1) is 0 Å². The number of benzene rings is 1. The highest BCUT2D eigenvalue weighted by Crippen LogP contribution is 2.36. The standard InChI is InChI=1S/C16H24N2O2/c1-16(2,17(3)4)11-18-10-9-12-13(18)7-8-14(19-5)15(12)20-6/h7-10H,11H2,1-6H3. The summed E-state index contributed by atoms with van der Waals surface area (Å²) in [5.41, 5.74) is 1.25. The van der Waals surface area contributed by atoms with Gasteiger partial charge >= 0.3 is 0 Å². The molecule has 2 aromatic rings. The van der Waals surface area contributed by atoms with Crippen molar-refractivity contribution in [3.63, 3.8) is 0 Å². The first-order valence-electron chi connectivity index (χ1n) is 6.78. The fourth-order valence-electron chi connectivity index (χ4n) is 2.29. The zero-order valence-electron chi connectivity index (χ0n) is 13.2. The van der Waals surface area contributed by atoms with Gasteiger partial charge < -0.3 is 18.9 Å². The van der Waals surface area contributed by atoms with E-state index in [1.54, 1.807) is 14.2 Å². The zero-order valence-corrected chi connectivity index (χ0v) is 13.2. The number of rotatable bonds is 5. The summed E-state index contributed by atoms with van der Waals surface area (Å²) < 4.78 is 13.1. The number of likely N-dealkylation sites (N-methyl/N-ethyl adjacent to an activating group) is 1. The van der Waals surface area contributed by atoms with Crippen molar-refractivity contribution < 1.29 is 9.47 Å². The Morgan fingerprint density at radius 2 is 1.80 bits per heavy atom. The third-order valence-electron chi connectivity index (χ3n) is 4.06. The fourth-order valence-corrected chi connectivity index (χ4v) is 2.29. The lowest BCUT2D eigenvalue weighted by Gasteiger charge is -2.33. The van der Waals surface area contributed by atoms with E-state index in [1.807, 2.05) is 6.07 Å². The maximum Gasteiger partial charge on any atom is 0.170 e. The van der Waals surface area contributed by atoms with Crippen LogP contribution in [0.5, 0.6) is 11.5 Å². The Morgan fingerprint density at radius 3 is 2.35 bits per heavy atom. The molecule has 1 aromatic heterocycles. The molecule has 0 saturated heterocycles. The van der Waals surface area contributed by atoms with Crippen LogP contribution >= 0.6 is 0 Å². The minimum atomic E-state index is 0.0825. The van der Waals surface area contributed by atoms with Crippen LogP contribution in [0.4, 0.5) is 0 Å². The molecule has 0 aliphatic carbocycles. The summed E-state index contributed by atoms with van der Waals surface area (Å²) in [4.78, 5) is 2.24. The predicted molar refractivity (Wildman–Crippen MR) is 82.8 cm³/mol. The second-order valence-corrected chi connectivity index (χ2v) is 5.88. The average molecular weight is 276 g/mol. The maximum absolute atomic E-state index is 5.49. The Balaban J connectivity index is 2.48. The molecule has 1 aromatic carbocycles. The topological polar surface area (TPSA) is 26.6 Å². The van der Waals surface area contributed by atoms with Gasteiger partial charge in [0, 0.05) is 23.7 Å². The highest BCUT2D eigenvalue weighted by molar-refractivity contribution is 5.89.